The van der Waals surface area contributed by atoms with Gasteiger partial charge < -0.3 is 10.1 Å². The molecule has 20 heavy (non-hydrogen) atoms. The molecule has 0 spiro atoms. The molecule has 0 fully saturated rings. The summed E-state index contributed by atoms with van der Waals surface area (Å²) >= 11 is 0. The zero-order valence-electron chi connectivity index (χ0n) is 11.3. The number of aromatic nitrogens is 1. The van der Waals surface area contributed by atoms with Gasteiger partial charge in [0, 0.05) is 25.7 Å². The number of carbonyl (C=O) groups is 1. The first-order valence-electron chi connectivity index (χ1n) is 6.08. The number of nitriles is 1. The predicted molar refractivity (Wildman–Crippen MR) is 71.6 cm³/mol. The van der Waals surface area contributed by atoms with Crippen LogP contribution in [0.25, 0.3) is 0 Å². The van der Waals surface area contributed by atoms with Crippen LogP contribution in [0.15, 0.2) is 17.2 Å². The number of rotatable bonds is 7. The Morgan fingerprint density at radius 1 is 1.55 bits per heavy atom. The summed E-state index contributed by atoms with van der Waals surface area (Å²) in [7, 11) is -3.79. The standard InChI is InChI=1S/C12H17N3O4S/c1-9(2)8-15(5-3-4-13)20(18,19)10-6-11(12(16)17)14-7-10/h6-7,9,14H,3,5,8H2,1-2H3,(H,16,17). The highest BCUT2D eigenvalue weighted by atomic mass is 32.2. The molecule has 0 atom stereocenters. The third-order valence-electron chi connectivity index (χ3n) is 2.57. The summed E-state index contributed by atoms with van der Waals surface area (Å²) in [5.74, 6) is -1.12. The lowest BCUT2D eigenvalue weighted by molar-refractivity contribution is 0.0691. The van der Waals surface area contributed by atoms with Crippen LogP contribution >= 0.6 is 0 Å². The van der Waals surface area contributed by atoms with Crippen molar-refractivity contribution in [3.05, 3.63) is 18.0 Å². The molecular formula is C12H17N3O4S. The summed E-state index contributed by atoms with van der Waals surface area (Å²) in [4.78, 5) is 13.1. The first-order chi connectivity index (χ1) is 9.28. The number of aromatic carboxylic acids is 1. The number of H-pyrrole nitrogens is 1. The molecule has 0 aromatic carbocycles. The van der Waals surface area contributed by atoms with Gasteiger partial charge in [0.1, 0.15) is 10.6 Å². The van der Waals surface area contributed by atoms with Gasteiger partial charge in [0.05, 0.1) is 6.07 Å². The maximum absolute atomic E-state index is 12.4. The highest BCUT2D eigenvalue weighted by Gasteiger charge is 2.26. The Bertz CT molecular complexity index is 613. The zero-order valence-corrected chi connectivity index (χ0v) is 12.1. The van der Waals surface area contributed by atoms with Crippen LogP contribution in [0, 0.1) is 17.2 Å². The number of sulfonamides is 1. The molecule has 0 aliphatic carbocycles. The van der Waals surface area contributed by atoms with Crippen LogP contribution in [-0.4, -0.2) is 41.9 Å². The van der Waals surface area contributed by atoms with Crippen molar-refractivity contribution in [1.29, 1.82) is 5.26 Å². The third kappa shape index (κ3) is 3.82. The summed E-state index contributed by atoms with van der Waals surface area (Å²) in [5, 5.41) is 17.4. The number of carboxylic acids is 1. The number of hydrogen-bond acceptors (Lipinski definition) is 4. The van der Waals surface area contributed by atoms with Gasteiger partial charge in [0.25, 0.3) is 0 Å². The molecule has 1 heterocycles. The molecule has 0 saturated heterocycles. The van der Waals surface area contributed by atoms with Gasteiger partial charge in [-0.3, -0.25) is 0 Å². The molecule has 8 heteroatoms. The molecule has 0 bridgehead atoms. The van der Waals surface area contributed by atoms with Gasteiger partial charge in [-0.1, -0.05) is 13.8 Å². The van der Waals surface area contributed by atoms with E-state index < -0.39 is 16.0 Å². The van der Waals surface area contributed by atoms with Crippen molar-refractivity contribution in [3.63, 3.8) is 0 Å². The van der Waals surface area contributed by atoms with Crippen LogP contribution in [0.5, 0.6) is 0 Å². The van der Waals surface area contributed by atoms with Crippen molar-refractivity contribution < 1.29 is 18.3 Å². The van der Waals surface area contributed by atoms with Crippen LogP contribution in [0.3, 0.4) is 0 Å². The van der Waals surface area contributed by atoms with Gasteiger partial charge in [-0.2, -0.15) is 9.57 Å². The minimum atomic E-state index is -3.79. The number of nitrogens with zero attached hydrogens (tertiary/aromatic N) is 2. The molecule has 1 aromatic rings. The van der Waals surface area contributed by atoms with E-state index in [-0.39, 0.29) is 36.0 Å². The fourth-order valence-corrected chi connectivity index (χ4v) is 3.29. The largest absolute Gasteiger partial charge is 0.477 e. The minimum absolute atomic E-state index is 0.0855. The van der Waals surface area contributed by atoms with Crippen molar-refractivity contribution in [2.75, 3.05) is 13.1 Å². The Labute approximate surface area is 117 Å². The van der Waals surface area contributed by atoms with Crippen LogP contribution in [0.2, 0.25) is 0 Å². The highest BCUT2D eigenvalue weighted by molar-refractivity contribution is 7.89. The summed E-state index contributed by atoms with van der Waals surface area (Å²) in [6, 6.07) is 2.99. The maximum Gasteiger partial charge on any atom is 0.352 e. The van der Waals surface area contributed by atoms with Crippen molar-refractivity contribution in [3.8, 4) is 6.07 Å². The van der Waals surface area contributed by atoms with E-state index in [0.717, 1.165) is 12.3 Å². The molecule has 0 radical (unpaired) electrons. The van der Waals surface area contributed by atoms with Crippen LogP contribution in [0.1, 0.15) is 30.8 Å². The second-order valence-electron chi connectivity index (χ2n) is 4.72. The lowest BCUT2D eigenvalue weighted by atomic mass is 10.2. The zero-order chi connectivity index (χ0) is 15.3. The van der Waals surface area contributed by atoms with E-state index in [4.69, 9.17) is 10.4 Å². The molecule has 1 rings (SSSR count). The number of nitrogens with one attached hydrogen (secondary N) is 1. The second kappa shape index (κ2) is 6.54. The molecule has 110 valence electrons. The highest BCUT2D eigenvalue weighted by Crippen LogP contribution is 2.18. The second-order valence-corrected chi connectivity index (χ2v) is 6.66. The molecule has 0 amide bonds. The molecule has 7 nitrogen and oxygen atoms in total. The lowest BCUT2D eigenvalue weighted by Gasteiger charge is -2.22. The van der Waals surface area contributed by atoms with Crippen molar-refractivity contribution in [1.82, 2.24) is 9.29 Å². The van der Waals surface area contributed by atoms with E-state index in [1.807, 2.05) is 19.9 Å². The smallest absolute Gasteiger partial charge is 0.352 e. The monoisotopic (exact) mass is 299 g/mol. The molecule has 0 saturated carbocycles. The van der Waals surface area contributed by atoms with Crippen molar-refractivity contribution >= 4 is 16.0 Å². The fraction of sp³-hybridized carbons (Fsp3) is 0.500. The molecule has 2 N–H and O–H groups in total. The normalized spacial score (nSPS) is 11.8. The van der Waals surface area contributed by atoms with E-state index in [0.29, 0.717) is 0 Å². The number of aromatic amines is 1. The van der Waals surface area contributed by atoms with Crippen molar-refractivity contribution in [2.24, 2.45) is 5.92 Å². The maximum atomic E-state index is 12.4. The summed E-state index contributed by atoms with van der Waals surface area (Å²) in [6.45, 7) is 4.10. The Kier molecular flexibility index (Phi) is 5.30. The molecule has 0 aliphatic rings. The van der Waals surface area contributed by atoms with Gasteiger partial charge in [-0.25, -0.2) is 13.2 Å². The minimum Gasteiger partial charge on any atom is -0.477 e. The molecular weight excluding hydrogens is 282 g/mol. The van der Waals surface area contributed by atoms with Gasteiger partial charge in [0.2, 0.25) is 10.0 Å². The van der Waals surface area contributed by atoms with E-state index in [1.54, 1.807) is 0 Å². The van der Waals surface area contributed by atoms with Gasteiger partial charge >= 0.3 is 5.97 Å². The number of carboxylic acid groups (broad SMARTS) is 1. The van der Waals surface area contributed by atoms with Crippen LogP contribution in [0.4, 0.5) is 0 Å². The molecule has 1 aromatic heterocycles. The van der Waals surface area contributed by atoms with Crippen LogP contribution < -0.4 is 0 Å². The van der Waals surface area contributed by atoms with E-state index in [2.05, 4.69) is 4.98 Å². The fourth-order valence-electron chi connectivity index (χ4n) is 1.69. The topological polar surface area (TPSA) is 114 Å². The average molecular weight is 299 g/mol. The lowest BCUT2D eigenvalue weighted by Crippen LogP contribution is -2.34. The summed E-state index contributed by atoms with van der Waals surface area (Å²) < 4.78 is 26.0. The van der Waals surface area contributed by atoms with E-state index in [1.165, 1.54) is 4.31 Å². The Morgan fingerprint density at radius 3 is 2.65 bits per heavy atom. The van der Waals surface area contributed by atoms with Gasteiger partial charge in [0.15, 0.2) is 0 Å². The quantitative estimate of drug-likeness (QED) is 0.787. The Hall–Kier alpha value is -1.85. The summed E-state index contributed by atoms with van der Waals surface area (Å²) in [6.07, 6.45) is 1.24. The van der Waals surface area contributed by atoms with Crippen LogP contribution in [-0.2, 0) is 10.0 Å². The Balaban J connectivity index is 3.07. The van der Waals surface area contributed by atoms with Gasteiger partial charge in [-0.05, 0) is 12.0 Å². The van der Waals surface area contributed by atoms with E-state index >= 15 is 0 Å². The first-order valence-corrected chi connectivity index (χ1v) is 7.52. The first kappa shape index (κ1) is 16.2. The van der Waals surface area contributed by atoms with Crippen molar-refractivity contribution in [2.45, 2.75) is 25.2 Å². The van der Waals surface area contributed by atoms with Gasteiger partial charge in [-0.15, -0.1) is 0 Å². The van der Waals surface area contributed by atoms with E-state index in [9.17, 15) is 13.2 Å². The average Bonchev–Trinajstić information content (AvgIpc) is 2.84. The summed E-state index contributed by atoms with van der Waals surface area (Å²) in [5.41, 5.74) is -0.187. The predicted octanol–water partition coefficient (Wildman–Crippen LogP) is 1.27. The molecule has 0 unspecified atom stereocenters. The SMILES string of the molecule is CC(C)CN(CCC#N)S(=O)(=O)c1c[nH]c(C(=O)O)c1. The Morgan fingerprint density at radius 2 is 2.20 bits per heavy atom. The number of hydrogen-bond donors (Lipinski definition) is 2. The molecule has 0 aliphatic heterocycles. The third-order valence-corrected chi connectivity index (χ3v) is 4.41.